The summed E-state index contributed by atoms with van der Waals surface area (Å²) in [5, 5.41) is 2.89. The molecule has 150 valence electrons. The topological polar surface area (TPSA) is 44.8 Å². The maximum atomic E-state index is 12.9. The number of piperazine rings is 1. The highest BCUT2D eigenvalue weighted by Gasteiger charge is 2.25. The van der Waals surface area contributed by atoms with E-state index in [1.165, 1.54) is 29.8 Å². The monoisotopic (exact) mass is 385 g/mol. The molecular formula is C22H28FN3O2. The SMILES string of the molecule is CN1CCN(CCCNC(=O)COc2ccc(F)cc2)C(c2ccccc2)C1. The first kappa shape index (κ1) is 20.3. The molecule has 1 saturated heterocycles. The minimum Gasteiger partial charge on any atom is -0.484 e. The van der Waals surface area contributed by atoms with Crippen LogP contribution in [0.2, 0.25) is 0 Å². The number of likely N-dealkylation sites (N-methyl/N-ethyl adjacent to an activating group) is 1. The lowest BCUT2D eigenvalue weighted by molar-refractivity contribution is -0.123. The molecule has 1 amide bonds. The third-order valence-electron chi connectivity index (χ3n) is 5.01. The van der Waals surface area contributed by atoms with Crippen LogP contribution < -0.4 is 10.1 Å². The minimum atomic E-state index is -0.325. The van der Waals surface area contributed by atoms with Crippen LogP contribution >= 0.6 is 0 Å². The van der Waals surface area contributed by atoms with Gasteiger partial charge in [-0.15, -0.1) is 0 Å². The van der Waals surface area contributed by atoms with E-state index in [-0.39, 0.29) is 18.3 Å². The fraction of sp³-hybridized carbons (Fsp3) is 0.409. The Hall–Kier alpha value is -2.44. The quantitative estimate of drug-likeness (QED) is 0.710. The second-order valence-corrected chi connectivity index (χ2v) is 7.17. The molecule has 0 radical (unpaired) electrons. The summed E-state index contributed by atoms with van der Waals surface area (Å²) in [6.07, 6.45) is 0.884. The highest BCUT2D eigenvalue weighted by Crippen LogP contribution is 2.24. The van der Waals surface area contributed by atoms with Gasteiger partial charge in [0.1, 0.15) is 11.6 Å². The van der Waals surface area contributed by atoms with Crippen molar-refractivity contribution in [3.05, 3.63) is 66.0 Å². The number of nitrogens with zero attached hydrogens (tertiary/aromatic N) is 2. The zero-order valence-corrected chi connectivity index (χ0v) is 16.3. The van der Waals surface area contributed by atoms with Crippen LogP contribution in [0.25, 0.3) is 0 Å². The van der Waals surface area contributed by atoms with E-state index in [1.807, 2.05) is 6.07 Å². The van der Waals surface area contributed by atoms with Crippen molar-refractivity contribution in [3.8, 4) is 5.75 Å². The van der Waals surface area contributed by atoms with Crippen LogP contribution in [0.3, 0.4) is 0 Å². The van der Waals surface area contributed by atoms with Crippen molar-refractivity contribution in [1.82, 2.24) is 15.1 Å². The third kappa shape index (κ3) is 6.04. The number of benzene rings is 2. The Labute approximate surface area is 166 Å². The predicted molar refractivity (Wildman–Crippen MR) is 108 cm³/mol. The summed E-state index contributed by atoms with van der Waals surface area (Å²) in [5.41, 5.74) is 1.34. The first-order chi connectivity index (χ1) is 13.6. The molecule has 1 aliphatic rings. The van der Waals surface area contributed by atoms with E-state index in [9.17, 15) is 9.18 Å². The van der Waals surface area contributed by atoms with Gasteiger partial charge in [0.05, 0.1) is 0 Å². The Balaban J connectivity index is 1.39. The average Bonchev–Trinajstić information content (AvgIpc) is 2.72. The van der Waals surface area contributed by atoms with Gasteiger partial charge in [-0.3, -0.25) is 9.69 Å². The van der Waals surface area contributed by atoms with E-state index >= 15 is 0 Å². The van der Waals surface area contributed by atoms with Crippen molar-refractivity contribution in [2.24, 2.45) is 0 Å². The Kier molecular flexibility index (Phi) is 7.39. The Morgan fingerprint density at radius 2 is 1.89 bits per heavy atom. The summed E-state index contributed by atoms with van der Waals surface area (Å²) in [5.74, 6) is -0.00323. The van der Waals surface area contributed by atoms with Gasteiger partial charge in [-0.2, -0.15) is 0 Å². The lowest BCUT2D eigenvalue weighted by Crippen LogP contribution is -2.47. The molecule has 3 rings (SSSR count). The van der Waals surface area contributed by atoms with Crippen LogP contribution in [0.5, 0.6) is 5.75 Å². The maximum absolute atomic E-state index is 12.9. The number of amides is 1. The molecule has 5 nitrogen and oxygen atoms in total. The predicted octanol–water partition coefficient (Wildman–Crippen LogP) is 2.70. The van der Waals surface area contributed by atoms with Gasteiger partial charge in [0.15, 0.2) is 6.61 Å². The maximum Gasteiger partial charge on any atom is 0.257 e. The second-order valence-electron chi connectivity index (χ2n) is 7.17. The van der Waals surface area contributed by atoms with Crippen LogP contribution in [-0.2, 0) is 4.79 Å². The van der Waals surface area contributed by atoms with Gasteiger partial charge in [0.25, 0.3) is 5.91 Å². The van der Waals surface area contributed by atoms with Gasteiger partial charge in [-0.25, -0.2) is 4.39 Å². The molecular weight excluding hydrogens is 357 g/mol. The van der Waals surface area contributed by atoms with E-state index in [4.69, 9.17) is 4.74 Å². The van der Waals surface area contributed by atoms with Crippen LogP contribution in [0.1, 0.15) is 18.0 Å². The summed E-state index contributed by atoms with van der Waals surface area (Å²) in [6.45, 7) is 4.58. The van der Waals surface area contributed by atoms with Gasteiger partial charge >= 0.3 is 0 Å². The standard InChI is InChI=1S/C22H28FN3O2/c1-25-14-15-26(21(16-25)18-6-3-2-4-7-18)13-5-12-24-22(27)17-28-20-10-8-19(23)9-11-20/h2-4,6-11,21H,5,12-17H2,1H3,(H,24,27). The number of hydrogen-bond acceptors (Lipinski definition) is 4. The molecule has 1 atom stereocenters. The highest BCUT2D eigenvalue weighted by molar-refractivity contribution is 5.77. The van der Waals surface area contributed by atoms with Crippen molar-refractivity contribution < 1.29 is 13.9 Å². The molecule has 2 aromatic rings. The molecule has 0 aromatic heterocycles. The first-order valence-corrected chi connectivity index (χ1v) is 9.74. The Morgan fingerprint density at radius 3 is 2.64 bits per heavy atom. The molecule has 1 aliphatic heterocycles. The molecule has 0 saturated carbocycles. The zero-order valence-electron chi connectivity index (χ0n) is 16.3. The van der Waals surface area contributed by atoms with Gasteiger partial charge in [-0.1, -0.05) is 30.3 Å². The van der Waals surface area contributed by atoms with Crippen LogP contribution in [-0.4, -0.2) is 62.1 Å². The average molecular weight is 385 g/mol. The molecule has 0 aliphatic carbocycles. The second kappa shape index (κ2) is 10.2. The van der Waals surface area contributed by atoms with E-state index in [2.05, 4.69) is 46.4 Å². The molecule has 2 aromatic carbocycles. The van der Waals surface area contributed by atoms with E-state index in [0.717, 1.165) is 32.6 Å². The normalized spacial score (nSPS) is 18.0. The summed E-state index contributed by atoms with van der Waals surface area (Å²) in [4.78, 5) is 16.8. The minimum absolute atomic E-state index is 0.0627. The molecule has 0 spiro atoms. The van der Waals surface area contributed by atoms with E-state index < -0.39 is 0 Å². The van der Waals surface area contributed by atoms with Crippen LogP contribution in [0.15, 0.2) is 54.6 Å². The van der Waals surface area contributed by atoms with Gasteiger partial charge in [0, 0.05) is 38.8 Å². The molecule has 1 fully saturated rings. The largest absolute Gasteiger partial charge is 0.484 e. The van der Waals surface area contributed by atoms with Crippen molar-refractivity contribution in [2.75, 3.05) is 46.4 Å². The molecule has 6 heteroatoms. The first-order valence-electron chi connectivity index (χ1n) is 9.74. The van der Waals surface area contributed by atoms with Gasteiger partial charge < -0.3 is 15.0 Å². The number of ether oxygens (including phenoxy) is 1. The highest BCUT2D eigenvalue weighted by atomic mass is 19.1. The fourth-order valence-corrected chi connectivity index (χ4v) is 3.46. The van der Waals surface area contributed by atoms with E-state index in [0.29, 0.717) is 18.3 Å². The molecule has 1 N–H and O–H groups in total. The number of halogens is 1. The number of rotatable bonds is 8. The number of hydrogen-bond donors (Lipinski definition) is 1. The molecule has 1 unspecified atom stereocenters. The van der Waals surface area contributed by atoms with Gasteiger partial charge in [-0.05, 0) is 43.3 Å². The Bertz CT molecular complexity index is 739. The molecule has 28 heavy (non-hydrogen) atoms. The van der Waals surface area contributed by atoms with Crippen molar-refractivity contribution >= 4 is 5.91 Å². The summed E-state index contributed by atoms with van der Waals surface area (Å²) >= 11 is 0. The zero-order chi connectivity index (χ0) is 19.8. The van der Waals surface area contributed by atoms with Gasteiger partial charge in [0.2, 0.25) is 0 Å². The van der Waals surface area contributed by atoms with Crippen LogP contribution in [0.4, 0.5) is 4.39 Å². The molecule has 1 heterocycles. The summed E-state index contributed by atoms with van der Waals surface area (Å²) in [6, 6.07) is 16.6. The van der Waals surface area contributed by atoms with E-state index in [1.54, 1.807) is 0 Å². The van der Waals surface area contributed by atoms with Crippen molar-refractivity contribution in [2.45, 2.75) is 12.5 Å². The fourth-order valence-electron chi connectivity index (χ4n) is 3.46. The van der Waals surface area contributed by atoms with Crippen molar-refractivity contribution in [3.63, 3.8) is 0 Å². The smallest absolute Gasteiger partial charge is 0.257 e. The lowest BCUT2D eigenvalue weighted by Gasteiger charge is -2.40. The van der Waals surface area contributed by atoms with Crippen LogP contribution in [0, 0.1) is 5.82 Å². The molecule has 0 bridgehead atoms. The summed E-state index contributed by atoms with van der Waals surface area (Å²) in [7, 11) is 2.16. The third-order valence-corrected chi connectivity index (χ3v) is 5.01. The number of carbonyl (C=O) groups is 1. The Morgan fingerprint density at radius 1 is 1.14 bits per heavy atom. The lowest BCUT2D eigenvalue weighted by atomic mass is 10.0. The number of nitrogens with one attached hydrogen (secondary N) is 1. The summed E-state index contributed by atoms with van der Waals surface area (Å²) < 4.78 is 18.2. The van der Waals surface area contributed by atoms with Crippen molar-refractivity contribution in [1.29, 1.82) is 0 Å². The number of carbonyl (C=O) groups excluding carboxylic acids is 1.